The second-order valence-corrected chi connectivity index (χ2v) is 5.51. The third kappa shape index (κ3) is 3.76. The van der Waals surface area contributed by atoms with E-state index in [-0.39, 0.29) is 11.5 Å². The molecule has 94 valence electrons. The maximum atomic E-state index is 11.9. The highest BCUT2D eigenvalue weighted by Gasteiger charge is 2.29. The lowest BCUT2D eigenvalue weighted by Gasteiger charge is -2.36. The van der Waals surface area contributed by atoms with Gasteiger partial charge in [-0.2, -0.15) is 0 Å². The summed E-state index contributed by atoms with van der Waals surface area (Å²) < 4.78 is 5.25. The number of carbonyl (C=O) groups is 1. The van der Waals surface area contributed by atoms with Crippen molar-refractivity contribution in [3.8, 4) is 0 Å². The number of hydrogen-bond acceptors (Lipinski definition) is 3. The van der Waals surface area contributed by atoms with Gasteiger partial charge in [-0.25, -0.2) is 0 Å². The minimum atomic E-state index is -0.374. The molecule has 16 heavy (non-hydrogen) atoms. The van der Waals surface area contributed by atoms with Gasteiger partial charge in [0.2, 0.25) is 5.91 Å². The maximum Gasteiger partial charge on any atom is 0.225 e. The number of amides is 1. The summed E-state index contributed by atoms with van der Waals surface area (Å²) in [6.45, 7) is 4.68. The average molecular weight is 228 g/mol. The molecule has 0 atom stereocenters. The van der Waals surface area contributed by atoms with Gasteiger partial charge in [0.25, 0.3) is 0 Å². The van der Waals surface area contributed by atoms with E-state index >= 15 is 0 Å². The third-order valence-corrected chi connectivity index (χ3v) is 3.36. The number of hydrogen-bond donors (Lipinski definition) is 1. The summed E-state index contributed by atoms with van der Waals surface area (Å²) in [5, 5.41) is 0. The van der Waals surface area contributed by atoms with E-state index in [0.717, 1.165) is 19.4 Å². The molecule has 4 heteroatoms. The highest BCUT2D eigenvalue weighted by Crippen LogP contribution is 2.26. The van der Waals surface area contributed by atoms with Gasteiger partial charge >= 0.3 is 0 Å². The summed E-state index contributed by atoms with van der Waals surface area (Å²) in [5.74, 6) is 0.738. The van der Waals surface area contributed by atoms with Gasteiger partial charge in [0.1, 0.15) is 0 Å². The summed E-state index contributed by atoms with van der Waals surface area (Å²) in [5.41, 5.74) is 5.35. The van der Waals surface area contributed by atoms with E-state index in [4.69, 9.17) is 10.5 Å². The van der Waals surface area contributed by atoms with Crippen molar-refractivity contribution in [2.24, 2.45) is 11.7 Å². The molecule has 1 aliphatic carbocycles. The van der Waals surface area contributed by atoms with Gasteiger partial charge in [0.15, 0.2) is 0 Å². The van der Waals surface area contributed by atoms with Crippen LogP contribution in [0.1, 0.15) is 33.1 Å². The lowest BCUT2D eigenvalue weighted by atomic mass is 9.80. The molecule has 1 saturated carbocycles. The predicted octanol–water partition coefficient (Wildman–Crippen LogP) is 0.997. The second kappa shape index (κ2) is 5.15. The molecule has 0 heterocycles. The van der Waals surface area contributed by atoms with Gasteiger partial charge in [-0.05, 0) is 32.6 Å². The Morgan fingerprint density at radius 2 is 2.06 bits per heavy atom. The fourth-order valence-electron chi connectivity index (χ4n) is 2.00. The monoisotopic (exact) mass is 228 g/mol. The highest BCUT2D eigenvalue weighted by molar-refractivity contribution is 5.76. The number of nitrogens with two attached hydrogens (primary N) is 1. The smallest absolute Gasteiger partial charge is 0.225 e. The first kappa shape index (κ1) is 13.5. The molecule has 0 aliphatic heterocycles. The molecule has 0 aromatic heterocycles. The first-order valence-electron chi connectivity index (χ1n) is 5.89. The van der Waals surface area contributed by atoms with Crippen molar-refractivity contribution in [3.63, 3.8) is 0 Å². The van der Waals surface area contributed by atoms with Gasteiger partial charge in [-0.15, -0.1) is 0 Å². The van der Waals surface area contributed by atoms with Crippen molar-refractivity contribution in [2.45, 2.75) is 44.8 Å². The van der Waals surface area contributed by atoms with Crippen LogP contribution in [-0.2, 0) is 9.53 Å². The standard InChI is InChI=1S/C12H24N2O2/c1-12(2,16-4)7-11(15)14(3)8-9-5-10(13)6-9/h9-10H,5-8,13H2,1-4H3. The molecule has 0 spiro atoms. The molecule has 0 unspecified atom stereocenters. The topological polar surface area (TPSA) is 55.6 Å². The Morgan fingerprint density at radius 1 is 1.50 bits per heavy atom. The van der Waals surface area contributed by atoms with Crippen molar-refractivity contribution >= 4 is 5.91 Å². The molecule has 0 aromatic carbocycles. The van der Waals surface area contributed by atoms with Crippen LogP contribution in [0.5, 0.6) is 0 Å². The minimum Gasteiger partial charge on any atom is -0.378 e. The summed E-state index contributed by atoms with van der Waals surface area (Å²) in [6.07, 6.45) is 2.52. The van der Waals surface area contributed by atoms with Crippen LogP contribution < -0.4 is 5.73 Å². The Labute approximate surface area is 98.1 Å². The zero-order chi connectivity index (χ0) is 12.3. The summed E-state index contributed by atoms with van der Waals surface area (Å²) in [7, 11) is 3.50. The molecule has 2 N–H and O–H groups in total. The Kier molecular flexibility index (Phi) is 4.33. The van der Waals surface area contributed by atoms with Crippen LogP contribution in [0.4, 0.5) is 0 Å². The van der Waals surface area contributed by atoms with Gasteiger partial charge in [-0.3, -0.25) is 4.79 Å². The second-order valence-electron chi connectivity index (χ2n) is 5.51. The van der Waals surface area contributed by atoms with Gasteiger partial charge < -0.3 is 15.4 Å². The van der Waals surface area contributed by atoms with Crippen LogP contribution in [0.2, 0.25) is 0 Å². The first-order valence-corrected chi connectivity index (χ1v) is 5.89. The van der Waals surface area contributed by atoms with E-state index in [2.05, 4.69) is 0 Å². The zero-order valence-electron chi connectivity index (χ0n) is 10.8. The van der Waals surface area contributed by atoms with Gasteiger partial charge in [0, 0.05) is 26.7 Å². The Hall–Kier alpha value is -0.610. The molecule has 4 nitrogen and oxygen atoms in total. The zero-order valence-corrected chi connectivity index (χ0v) is 10.8. The van der Waals surface area contributed by atoms with Crippen LogP contribution in [-0.4, -0.2) is 43.2 Å². The van der Waals surface area contributed by atoms with E-state index in [1.807, 2.05) is 20.9 Å². The molecule has 1 fully saturated rings. The van der Waals surface area contributed by atoms with Crippen LogP contribution in [0.25, 0.3) is 0 Å². The Bertz CT molecular complexity index is 247. The highest BCUT2D eigenvalue weighted by atomic mass is 16.5. The lowest BCUT2D eigenvalue weighted by Crippen LogP contribution is -2.44. The molecule has 0 bridgehead atoms. The van der Waals surface area contributed by atoms with Crippen molar-refractivity contribution in [2.75, 3.05) is 20.7 Å². The Balaban J connectivity index is 2.30. The summed E-state index contributed by atoms with van der Waals surface area (Å²) >= 11 is 0. The third-order valence-electron chi connectivity index (χ3n) is 3.36. The number of methoxy groups -OCH3 is 1. The molecule has 1 rings (SSSR count). The molecule has 0 saturated heterocycles. The number of ether oxygens (including phenoxy) is 1. The number of rotatable bonds is 5. The van der Waals surface area contributed by atoms with Crippen molar-refractivity contribution in [1.29, 1.82) is 0 Å². The van der Waals surface area contributed by atoms with Crippen molar-refractivity contribution in [3.05, 3.63) is 0 Å². The van der Waals surface area contributed by atoms with Crippen LogP contribution in [0, 0.1) is 5.92 Å². The van der Waals surface area contributed by atoms with Crippen LogP contribution >= 0.6 is 0 Å². The van der Waals surface area contributed by atoms with Crippen LogP contribution in [0.15, 0.2) is 0 Å². The average Bonchev–Trinajstić information content (AvgIpc) is 2.14. The maximum absolute atomic E-state index is 11.9. The van der Waals surface area contributed by atoms with Crippen molar-refractivity contribution < 1.29 is 9.53 Å². The van der Waals surface area contributed by atoms with E-state index in [1.54, 1.807) is 12.0 Å². The molecule has 1 amide bonds. The van der Waals surface area contributed by atoms with Gasteiger partial charge in [0.05, 0.1) is 12.0 Å². The molecule has 0 aromatic rings. The fourth-order valence-corrected chi connectivity index (χ4v) is 2.00. The normalized spacial score (nSPS) is 25.1. The minimum absolute atomic E-state index is 0.146. The Morgan fingerprint density at radius 3 is 2.50 bits per heavy atom. The predicted molar refractivity (Wildman–Crippen MR) is 64.0 cm³/mol. The lowest BCUT2D eigenvalue weighted by molar-refractivity contribution is -0.136. The first-order chi connectivity index (χ1) is 7.34. The largest absolute Gasteiger partial charge is 0.378 e. The van der Waals surface area contributed by atoms with Crippen LogP contribution in [0.3, 0.4) is 0 Å². The number of nitrogens with zero attached hydrogens (tertiary/aromatic N) is 1. The van der Waals surface area contributed by atoms with E-state index in [0.29, 0.717) is 18.4 Å². The SMILES string of the molecule is COC(C)(C)CC(=O)N(C)CC1CC(N)C1. The van der Waals surface area contributed by atoms with E-state index < -0.39 is 0 Å². The number of carbonyl (C=O) groups excluding carboxylic acids is 1. The van der Waals surface area contributed by atoms with Crippen molar-refractivity contribution in [1.82, 2.24) is 4.90 Å². The quantitative estimate of drug-likeness (QED) is 0.763. The van der Waals surface area contributed by atoms with E-state index in [1.165, 1.54) is 0 Å². The summed E-state index contributed by atoms with van der Waals surface area (Å²) in [6, 6.07) is 0.351. The fraction of sp³-hybridized carbons (Fsp3) is 0.917. The summed E-state index contributed by atoms with van der Waals surface area (Å²) in [4.78, 5) is 13.7. The van der Waals surface area contributed by atoms with Gasteiger partial charge in [-0.1, -0.05) is 0 Å². The molecule has 1 aliphatic rings. The molecular weight excluding hydrogens is 204 g/mol. The molecule has 0 radical (unpaired) electrons. The van der Waals surface area contributed by atoms with E-state index in [9.17, 15) is 4.79 Å². The molecular formula is C12H24N2O2.